The highest BCUT2D eigenvalue weighted by Gasteiger charge is 2.06. The summed E-state index contributed by atoms with van der Waals surface area (Å²) in [5, 5.41) is 0. The van der Waals surface area contributed by atoms with Gasteiger partial charge in [0.05, 0.1) is 5.88 Å². The van der Waals surface area contributed by atoms with Gasteiger partial charge in [-0.2, -0.15) is 0 Å². The van der Waals surface area contributed by atoms with Crippen molar-refractivity contribution >= 4 is 17.3 Å². The monoisotopic (exact) mass is 261 g/mol. The molecule has 2 aromatic heterocycles. The second-order valence-corrected chi connectivity index (χ2v) is 4.43. The summed E-state index contributed by atoms with van der Waals surface area (Å²) in [6.07, 6.45) is 8.26. The van der Waals surface area contributed by atoms with Crippen molar-refractivity contribution in [2.24, 2.45) is 0 Å². The van der Waals surface area contributed by atoms with Gasteiger partial charge in [-0.25, -0.2) is 0 Å². The van der Waals surface area contributed by atoms with Gasteiger partial charge in [-0.1, -0.05) is 0 Å². The van der Waals surface area contributed by atoms with Crippen LogP contribution in [0.2, 0.25) is 0 Å². The minimum atomic E-state index is 0.489. The van der Waals surface area contributed by atoms with E-state index in [0.717, 1.165) is 24.2 Å². The smallest absolute Gasteiger partial charge is 0.0509 e. The molecule has 0 amide bonds. The molecule has 0 radical (unpaired) electrons. The lowest BCUT2D eigenvalue weighted by Gasteiger charge is -2.21. The zero-order valence-corrected chi connectivity index (χ0v) is 11.1. The Morgan fingerprint density at radius 2 is 1.83 bits per heavy atom. The summed E-state index contributed by atoms with van der Waals surface area (Å²) in [4.78, 5) is 10.3. The molecule has 2 aromatic rings. The number of halogens is 1. The molecule has 2 rings (SSSR count). The number of pyridine rings is 2. The van der Waals surface area contributed by atoms with Crippen molar-refractivity contribution in [2.75, 3.05) is 18.5 Å². The Morgan fingerprint density at radius 1 is 1.11 bits per heavy atom. The van der Waals surface area contributed by atoms with Crippen LogP contribution in [0.25, 0.3) is 0 Å². The number of hydrogen-bond donors (Lipinski definition) is 0. The largest absolute Gasteiger partial charge is 0.374 e. The van der Waals surface area contributed by atoms with Crippen LogP contribution in [0, 0.1) is 0 Å². The molecular formula is C14H16ClN3. The normalized spacial score (nSPS) is 10.3. The summed E-state index contributed by atoms with van der Waals surface area (Å²) < 4.78 is 0. The number of alkyl halides is 1. The van der Waals surface area contributed by atoms with E-state index in [1.165, 1.54) is 5.56 Å². The van der Waals surface area contributed by atoms with Gasteiger partial charge in [-0.15, -0.1) is 11.6 Å². The first-order valence-corrected chi connectivity index (χ1v) is 6.43. The van der Waals surface area contributed by atoms with E-state index in [-0.39, 0.29) is 0 Å². The molecule has 94 valence electrons. The maximum atomic E-state index is 5.92. The third-order valence-electron chi connectivity index (χ3n) is 2.92. The fraction of sp³-hybridized carbons (Fsp3) is 0.286. The second-order valence-electron chi connectivity index (χ2n) is 4.17. The number of likely N-dealkylation sites (N-methyl/N-ethyl adjacent to an activating group) is 1. The molecule has 0 aliphatic rings. The van der Waals surface area contributed by atoms with Crippen LogP contribution < -0.4 is 4.90 Å². The van der Waals surface area contributed by atoms with Crippen molar-refractivity contribution in [3.8, 4) is 0 Å². The van der Waals surface area contributed by atoms with Crippen molar-refractivity contribution in [2.45, 2.75) is 12.3 Å². The number of nitrogens with zero attached hydrogens (tertiary/aromatic N) is 3. The van der Waals surface area contributed by atoms with Crippen molar-refractivity contribution in [1.82, 2.24) is 9.97 Å². The molecule has 0 saturated heterocycles. The first-order valence-electron chi connectivity index (χ1n) is 5.90. The topological polar surface area (TPSA) is 29.0 Å². The van der Waals surface area contributed by atoms with Gasteiger partial charge in [0.25, 0.3) is 0 Å². The van der Waals surface area contributed by atoms with Crippen LogP contribution in [0.4, 0.5) is 5.69 Å². The van der Waals surface area contributed by atoms with Gasteiger partial charge in [-0.05, 0) is 30.2 Å². The Balaban J connectivity index is 2.01. The number of rotatable bonds is 5. The predicted molar refractivity (Wildman–Crippen MR) is 75.0 cm³/mol. The molecule has 0 fully saturated rings. The van der Waals surface area contributed by atoms with E-state index < -0.39 is 0 Å². The molecule has 2 heterocycles. The lowest BCUT2D eigenvalue weighted by atomic mass is 10.2. The number of hydrogen-bond acceptors (Lipinski definition) is 3. The summed E-state index contributed by atoms with van der Waals surface area (Å²) in [6, 6.07) is 6.09. The molecule has 0 unspecified atom stereocenters. The number of aromatic nitrogens is 2. The van der Waals surface area contributed by atoms with Crippen LogP contribution in [-0.2, 0) is 12.3 Å². The van der Waals surface area contributed by atoms with Gasteiger partial charge in [0.1, 0.15) is 0 Å². The van der Waals surface area contributed by atoms with E-state index in [1.54, 1.807) is 6.20 Å². The average Bonchev–Trinajstić information content (AvgIpc) is 2.45. The van der Waals surface area contributed by atoms with Gasteiger partial charge in [0.2, 0.25) is 0 Å². The van der Waals surface area contributed by atoms with Gasteiger partial charge < -0.3 is 4.90 Å². The molecule has 3 nitrogen and oxygen atoms in total. The molecule has 0 N–H and O–H groups in total. The minimum Gasteiger partial charge on any atom is -0.374 e. The van der Waals surface area contributed by atoms with Crippen LogP contribution in [0.5, 0.6) is 0 Å². The molecular weight excluding hydrogens is 246 g/mol. The highest BCUT2D eigenvalue weighted by Crippen LogP contribution is 2.19. The van der Waals surface area contributed by atoms with Crippen molar-refractivity contribution in [3.63, 3.8) is 0 Å². The molecule has 18 heavy (non-hydrogen) atoms. The van der Waals surface area contributed by atoms with E-state index in [4.69, 9.17) is 11.6 Å². The standard InChI is InChI=1S/C14H16ClN3/c1-18(9-5-12-2-6-16-7-3-12)14-4-8-17-11-13(14)10-15/h2-4,6-8,11H,5,9-10H2,1H3. The second kappa shape index (κ2) is 6.36. The summed E-state index contributed by atoms with van der Waals surface area (Å²) >= 11 is 5.92. The van der Waals surface area contributed by atoms with E-state index >= 15 is 0 Å². The van der Waals surface area contributed by atoms with Gasteiger partial charge in [-0.3, -0.25) is 9.97 Å². The maximum Gasteiger partial charge on any atom is 0.0509 e. The summed E-state index contributed by atoms with van der Waals surface area (Å²) in [5.74, 6) is 0.489. The van der Waals surface area contributed by atoms with Gasteiger partial charge in [0.15, 0.2) is 0 Å². The van der Waals surface area contributed by atoms with Crippen LogP contribution in [0.3, 0.4) is 0 Å². The summed E-state index contributed by atoms with van der Waals surface area (Å²) in [6.45, 7) is 0.942. The molecule has 4 heteroatoms. The predicted octanol–water partition coefficient (Wildman–Crippen LogP) is 2.89. The first kappa shape index (κ1) is 12.8. The highest BCUT2D eigenvalue weighted by atomic mass is 35.5. The van der Waals surface area contributed by atoms with Crippen molar-refractivity contribution in [1.29, 1.82) is 0 Å². The third kappa shape index (κ3) is 3.20. The van der Waals surface area contributed by atoms with Crippen LogP contribution in [-0.4, -0.2) is 23.6 Å². The van der Waals surface area contributed by atoms with E-state index in [9.17, 15) is 0 Å². The van der Waals surface area contributed by atoms with E-state index in [2.05, 4.69) is 21.9 Å². The Morgan fingerprint density at radius 3 is 2.56 bits per heavy atom. The maximum absolute atomic E-state index is 5.92. The Hall–Kier alpha value is -1.61. The molecule has 0 spiro atoms. The Kier molecular flexibility index (Phi) is 4.53. The lowest BCUT2D eigenvalue weighted by Crippen LogP contribution is -2.21. The minimum absolute atomic E-state index is 0.489. The average molecular weight is 262 g/mol. The highest BCUT2D eigenvalue weighted by molar-refractivity contribution is 6.17. The molecule has 0 bridgehead atoms. The summed E-state index contributed by atoms with van der Waals surface area (Å²) in [7, 11) is 2.08. The Labute approximate surface area is 112 Å². The molecule has 0 aliphatic heterocycles. The fourth-order valence-electron chi connectivity index (χ4n) is 1.86. The van der Waals surface area contributed by atoms with Crippen LogP contribution in [0.15, 0.2) is 43.0 Å². The van der Waals surface area contributed by atoms with Crippen LogP contribution in [0.1, 0.15) is 11.1 Å². The van der Waals surface area contributed by atoms with E-state index in [1.807, 2.05) is 36.8 Å². The Bertz CT molecular complexity index is 487. The number of anilines is 1. The third-order valence-corrected chi connectivity index (χ3v) is 3.21. The van der Waals surface area contributed by atoms with Crippen molar-refractivity contribution in [3.05, 3.63) is 54.1 Å². The van der Waals surface area contributed by atoms with Crippen molar-refractivity contribution < 1.29 is 0 Å². The summed E-state index contributed by atoms with van der Waals surface area (Å²) in [5.41, 5.74) is 3.50. The van der Waals surface area contributed by atoms with Gasteiger partial charge >= 0.3 is 0 Å². The zero-order chi connectivity index (χ0) is 12.8. The quantitative estimate of drug-likeness (QED) is 0.775. The molecule has 0 atom stereocenters. The molecule has 0 saturated carbocycles. The van der Waals surface area contributed by atoms with E-state index in [0.29, 0.717) is 5.88 Å². The lowest BCUT2D eigenvalue weighted by molar-refractivity contribution is 0.868. The zero-order valence-electron chi connectivity index (χ0n) is 10.4. The van der Waals surface area contributed by atoms with Crippen LogP contribution >= 0.6 is 11.6 Å². The molecule has 0 aliphatic carbocycles. The molecule has 0 aromatic carbocycles. The fourth-order valence-corrected chi connectivity index (χ4v) is 2.07. The van der Waals surface area contributed by atoms with Gasteiger partial charge in [0, 0.05) is 49.6 Å². The SMILES string of the molecule is CN(CCc1ccncc1)c1ccncc1CCl. The first-order chi connectivity index (χ1) is 8.81.